The van der Waals surface area contributed by atoms with E-state index in [1.54, 1.807) is 10.8 Å². The number of amides is 4. The number of hydrogen-bond acceptors (Lipinski definition) is 7. The summed E-state index contributed by atoms with van der Waals surface area (Å²) in [5.41, 5.74) is 1.73. The SMILES string of the molecule is COC(=O)NCC1Cn2nc3c(c2C(=O)N(C)O1)CN(C(=O)Nc1ccc(F)c(C#N)c1)CC3. The van der Waals surface area contributed by atoms with Gasteiger partial charge in [0, 0.05) is 31.3 Å². The zero-order valence-electron chi connectivity index (χ0n) is 18.5. The van der Waals surface area contributed by atoms with Gasteiger partial charge >= 0.3 is 12.1 Å². The number of anilines is 1. The molecule has 4 rings (SSSR count). The molecule has 0 spiro atoms. The topological polar surface area (TPSA) is 142 Å². The molecule has 2 aliphatic heterocycles. The van der Waals surface area contributed by atoms with Gasteiger partial charge in [0.2, 0.25) is 0 Å². The van der Waals surface area contributed by atoms with E-state index < -0.39 is 30.0 Å². The number of nitrogens with one attached hydrogen (secondary N) is 2. The Balaban J connectivity index is 1.52. The minimum atomic E-state index is -0.671. The number of ether oxygens (including phenoxy) is 1. The van der Waals surface area contributed by atoms with Gasteiger partial charge in [0.25, 0.3) is 5.91 Å². The van der Waals surface area contributed by atoms with Crippen molar-refractivity contribution in [2.45, 2.75) is 25.6 Å². The molecule has 2 N–H and O–H groups in total. The molecule has 3 heterocycles. The first-order valence-corrected chi connectivity index (χ1v) is 10.4. The van der Waals surface area contributed by atoms with Crippen LogP contribution in [-0.2, 0) is 29.1 Å². The maximum Gasteiger partial charge on any atom is 0.406 e. The lowest BCUT2D eigenvalue weighted by molar-refractivity contribution is -0.146. The fraction of sp³-hybridized carbons (Fsp3) is 0.381. The number of methoxy groups -OCH3 is 1. The highest BCUT2D eigenvalue weighted by Crippen LogP contribution is 2.26. The van der Waals surface area contributed by atoms with E-state index in [0.717, 1.165) is 11.1 Å². The van der Waals surface area contributed by atoms with Crippen LogP contribution in [0.3, 0.4) is 0 Å². The monoisotopic (exact) mass is 471 g/mol. The van der Waals surface area contributed by atoms with Crippen molar-refractivity contribution < 1.29 is 28.3 Å². The van der Waals surface area contributed by atoms with Crippen molar-refractivity contribution in [2.24, 2.45) is 0 Å². The summed E-state index contributed by atoms with van der Waals surface area (Å²) in [6.07, 6.45) is -0.757. The maximum absolute atomic E-state index is 13.6. The molecule has 1 aromatic carbocycles. The van der Waals surface area contributed by atoms with Crippen LogP contribution in [-0.4, -0.2) is 71.1 Å². The predicted octanol–water partition coefficient (Wildman–Crippen LogP) is 1.23. The predicted molar refractivity (Wildman–Crippen MR) is 114 cm³/mol. The zero-order valence-corrected chi connectivity index (χ0v) is 18.5. The van der Waals surface area contributed by atoms with Crippen LogP contribution in [0.2, 0.25) is 0 Å². The molecule has 0 fully saturated rings. The molecule has 0 bridgehead atoms. The van der Waals surface area contributed by atoms with Crippen LogP contribution < -0.4 is 10.6 Å². The van der Waals surface area contributed by atoms with Gasteiger partial charge in [-0.05, 0) is 18.2 Å². The van der Waals surface area contributed by atoms with Crippen molar-refractivity contribution in [1.82, 2.24) is 25.1 Å². The molecule has 0 aliphatic carbocycles. The first-order chi connectivity index (χ1) is 16.3. The third-order valence-corrected chi connectivity index (χ3v) is 5.56. The van der Waals surface area contributed by atoms with Crippen molar-refractivity contribution in [1.29, 1.82) is 5.26 Å². The smallest absolute Gasteiger partial charge is 0.406 e. The van der Waals surface area contributed by atoms with Crippen LogP contribution >= 0.6 is 0 Å². The number of benzene rings is 1. The Labute approximate surface area is 193 Å². The van der Waals surface area contributed by atoms with E-state index in [1.807, 2.05) is 0 Å². The Kier molecular flexibility index (Phi) is 6.33. The highest BCUT2D eigenvalue weighted by molar-refractivity contribution is 5.94. The molecule has 12 nitrogen and oxygen atoms in total. The van der Waals surface area contributed by atoms with E-state index in [4.69, 9.17) is 10.1 Å². The zero-order chi connectivity index (χ0) is 24.4. The summed E-state index contributed by atoms with van der Waals surface area (Å²) in [7, 11) is 2.72. The molecule has 1 unspecified atom stereocenters. The van der Waals surface area contributed by atoms with E-state index >= 15 is 0 Å². The third kappa shape index (κ3) is 4.48. The molecule has 178 valence electrons. The number of nitrogens with zero attached hydrogens (tertiary/aromatic N) is 5. The summed E-state index contributed by atoms with van der Waals surface area (Å²) >= 11 is 0. The number of rotatable bonds is 3. The second-order valence-electron chi connectivity index (χ2n) is 7.77. The van der Waals surface area contributed by atoms with Crippen LogP contribution in [0.15, 0.2) is 18.2 Å². The van der Waals surface area contributed by atoms with Crippen LogP contribution in [0.5, 0.6) is 0 Å². The van der Waals surface area contributed by atoms with Crippen LogP contribution in [0.1, 0.15) is 27.3 Å². The van der Waals surface area contributed by atoms with Gasteiger partial charge in [0.05, 0.1) is 38.0 Å². The Morgan fingerprint density at radius 2 is 2.21 bits per heavy atom. The minimum absolute atomic E-state index is 0.102. The van der Waals surface area contributed by atoms with E-state index in [-0.39, 0.29) is 30.9 Å². The molecule has 1 atom stereocenters. The molecule has 1 aromatic heterocycles. The van der Waals surface area contributed by atoms with Crippen LogP contribution in [0, 0.1) is 17.1 Å². The first kappa shape index (κ1) is 23.0. The van der Waals surface area contributed by atoms with Gasteiger partial charge in [-0.25, -0.2) is 19.0 Å². The van der Waals surface area contributed by atoms with Crippen molar-refractivity contribution in [3.8, 4) is 6.07 Å². The normalized spacial score (nSPS) is 17.2. The Morgan fingerprint density at radius 1 is 1.41 bits per heavy atom. The molecule has 34 heavy (non-hydrogen) atoms. The number of aromatic nitrogens is 2. The fourth-order valence-electron chi connectivity index (χ4n) is 3.88. The second kappa shape index (κ2) is 9.36. The number of alkyl carbamates (subject to hydrolysis) is 1. The average molecular weight is 471 g/mol. The quantitative estimate of drug-likeness (QED) is 0.686. The van der Waals surface area contributed by atoms with Gasteiger partial charge in [0.15, 0.2) is 0 Å². The molecule has 4 amide bonds. The van der Waals surface area contributed by atoms with E-state index in [2.05, 4.69) is 20.5 Å². The number of hydrogen-bond donors (Lipinski definition) is 2. The van der Waals surface area contributed by atoms with E-state index in [9.17, 15) is 18.8 Å². The standard InChI is InChI=1S/C21H22FN7O5/c1-27-19(30)18-15-11-28(20(31)25-13-3-4-16(22)12(7-13)8-23)6-5-17(15)26-29(18)10-14(34-27)9-24-21(32)33-2/h3-4,7,14H,5-6,9-11H2,1-2H3,(H,24,32)(H,25,31). The Bertz CT molecular complexity index is 1190. The van der Waals surface area contributed by atoms with Crippen LogP contribution in [0.4, 0.5) is 19.7 Å². The number of nitriles is 1. The number of fused-ring (bicyclic) bond motifs is 3. The van der Waals surface area contributed by atoms with Crippen molar-refractivity contribution in [2.75, 3.05) is 32.6 Å². The molecule has 13 heteroatoms. The highest BCUT2D eigenvalue weighted by atomic mass is 19.1. The molecular formula is C21H22FN7O5. The summed E-state index contributed by atoms with van der Waals surface area (Å²) in [5.74, 6) is -1.09. The summed E-state index contributed by atoms with van der Waals surface area (Å²) < 4.78 is 19.7. The average Bonchev–Trinajstić information content (AvgIpc) is 3.14. The maximum atomic E-state index is 13.6. The minimum Gasteiger partial charge on any atom is -0.453 e. The highest BCUT2D eigenvalue weighted by Gasteiger charge is 2.35. The number of urea groups is 1. The van der Waals surface area contributed by atoms with Gasteiger partial charge in [0.1, 0.15) is 23.7 Å². The van der Waals surface area contributed by atoms with E-state index in [1.165, 1.54) is 31.2 Å². The summed E-state index contributed by atoms with van der Waals surface area (Å²) in [4.78, 5) is 44.4. The Hall–Kier alpha value is -4.18. The molecule has 2 aliphatic rings. The largest absolute Gasteiger partial charge is 0.453 e. The lowest BCUT2D eigenvalue weighted by atomic mass is 10.1. The summed E-state index contributed by atoms with van der Waals surface area (Å²) in [5, 5.41) is 19.8. The van der Waals surface area contributed by atoms with Crippen LogP contribution in [0.25, 0.3) is 0 Å². The third-order valence-electron chi connectivity index (χ3n) is 5.56. The second-order valence-corrected chi connectivity index (χ2v) is 7.77. The number of carbonyl (C=O) groups is 3. The number of halogens is 1. The summed E-state index contributed by atoms with van der Waals surface area (Å²) in [6, 6.07) is 5.02. The van der Waals surface area contributed by atoms with Crippen molar-refractivity contribution in [3.05, 3.63) is 46.5 Å². The van der Waals surface area contributed by atoms with Crippen molar-refractivity contribution in [3.63, 3.8) is 0 Å². The molecule has 0 saturated heterocycles. The lowest BCUT2D eigenvalue weighted by Gasteiger charge is -2.27. The summed E-state index contributed by atoms with van der Waals surface area (Å²) in [6.45, 7) is 0.801. The number of hydroxylamine groups is 2. The van der Waals surface area contributed by atoms with E-state index in [0.29, 0.717) is 29.9 Å². The Morgan fingerprint density at radius 3 is 2.94 bits per heavy atom. The van der Waals surface area contributed by atoms with Gasteiger partial charge in [-0.15, -0.1) is 0 Å². The first-order valence-electron chi connectivity index (χ1n) is 10.4. The van der Waals surface area contributed by atoms with Gasteiger partial charge in [-0.2, -0.15) is 10.4 Å². The fourth-order valence-corrected chi connectivity index (χ4v) is 3.88. The number of carbonyl (C=O) groups excluding carboxylic acids is 3. The molecule has 0 radical (unpaired) electrons. The molecule has 2 aromatic rings. The van der Waals surface area contributed by atoms with Gasteiger partial charge in [-0.3, -0.25) is 14.3 Å². The van der Waals surface area contributed by atoms with Crippen molar-refractivity contribution >= 4 is 23.7 Å². The van der Waals surface area contributed by atoms with Gasteiger partial charge < -0.3 is 20.3 Å². The van der Waals surface area contributed by atoms with Gasteiger partial charge in [-0.1, -0.05) is 0 Å². The lowest BCUT2D eigenvalue weighted by Crippen LogP contribution is -2.40. The molecular weight excluding hydrogens is 449 g/mol. The molecule has 0 saturated carbocycles.